The van der Waals surface area contributed by atoms with Crippen LogP contribution in [0.1, 0.15) is 45.4 Å². The number of aliphatic imine (C=N–C) groups is 1. The van der Waals surface area contributed by atoms with Gasteiger partial charge in [-0.25, -0.2) is 4.79 Å². The molecule has 2 aliphatic heterocycles. The predicted molar refractivity (Wildman–Crippen MR) is 194 cm³/mol. The number of carbonyl (C=O) groups is 8. The largest absolute Gasteiger partial charge is 0.480 e. The van der Waals surface area contributed by atoms with E-state index in [4.69, 9.17) is 32.8 Å². The van der Waals surface area contributed by atoms with Crippen LogP contribution in [0.4, 0.5) is 0 Å². The summed E-state index contributed by atoms with van der Waals surface area (Å²) in [6.07, 6.45) is -2.20. The Labute approximate surface area is 324 Å². The minimum atomic E-state index is -1.64. The van der Waals surface area contributed by atoms with E-state index in [1.165, 1.54) is 6.92 Å². The molecule has 314 valence electrons. The first kappa shape index (κ1) is 47.1. The number of fused-ring (bicyclic) bond motifs is 1. The van der Waals surface area contributed by atoms with Gasteiger partial charge in [0.2, 0.25) is 23.6 Å². The highest BCUT2D eigenvalue weighted by Crippen LogP contribution is 2.40. The van der Waals surface area contributed by atoms with E-state index in [2.05, 4.69) is 26.3 Å². The highest BCUT2D eigenvalue weighted by Gasteiger charge is 2.54. The number of aliphatic hydroxyl groups excluding tert-OH is 3. The number of rotatable bonds is 24. The molecule has 8 atom stereocenters. The number of nitrogens with one attached hydrogen (secondary N) is 4. The van der Waals surface area contributed by atoms with Gasteiger partial charge in [-0.1, -0.05) is 0 Å². The normalized spacial score (nSPS) is 19.4. The van der Waals surface area contributed by atoms with E-state index < -0.39 is 127 Å². The molecule has 0 aliphatic carbocycles. The first-order valence-electron chi connectivity index (χ1n) is 17.3. The summed E-state index contributed by atoms with van der Waals surface area (Å²) in [4.78, 5) is 104. The second-order valence-electron chi connectivity index (χ2n) is 12.8. The smallest absolute Gasteiger partial charge is 0.352 e. The third-order valence-electron chi connectivity index (χ3n) is 8.39. The van der Waals surface area contributed by atoms with Crippen molar-refractivity contribution in [2.24, 2.45) is 27.9 Å². The average molecular weight is 819 g/mol. The number of carboxylic acid groups (broad SMARTS) is 2. The minimum absolute atomic E-state index is 0.0183. The molecule has 5 amide bonds. The molecule has 0 saturated carbocycles. The lowest BCUT2D eigenvalue weighted by Crippen LogP contribution is -2.70. The van der Waals surface area contributed by atoms with E-state index in [0.717, 1.165) is 16.7 Å². The van der Waals surface area contributed by atoms with Crippen molar-refractivity contribution < 1.29 is 68.6 Å². The lowest BCUT2D eigenvalue weighted by atomic mass is 10.0. The van der Waals surface area contributed by atoms with Gasteiger partial charge in [0.25, 0.3) is 5.91 Å². The Morgan fingerprint density at radius 1 is 0.946 bits per heavy atom. The van der Waals surface area contributed by atoms with Gasteiger partial charge in [-0.15, -0.1) is 11.8 Å². The van der Waals surface area contributed by atoms with Crippen molar-refractivity contribution in [3.63, 3.8) is 0 Å². The van der Waals surface area contributed by atoms with E-state index in [1.807, 2.05) is 0 Å². The Morgan fingerprint density at radius 3 is 2.11 bits per heavy atom. The Bertz CT molecular complexity index is 1540. The van der Waals surface area contributed by atoms with Crippen LogP contribution < -0.4 is 44.2 Å². The zero-order valence-electron chi connectivity index (χ0n) is 30.4. The van der Waals surface area contributed by atoms with Crippen molar-refractivity contribution in [2.75, 3.05) is 32.1 Å². The van der Waals surface area contributed by atoms with Crippen molar-refractivity contribution in [2.45, 2.75) is 93.2 Å². The standard InChI is InChI=1S/C31H50N10O14S/c1-13(32)24(47)38-17(9-42)26(49)39-18(10-43)25(48)37-16(5-3-7-36-31(34)35)19(44)8-21(46)55-11-14-12-56-28-22(27(50)41(28)23(14)30(53)54)40-20(45)6-2-4-15(33)29(51)52/h13,15-19,22,28,42-44H,2-12,32-33H2,1H3,(H,37,48)(H,38,47)(H,39,49)(H,40,45)(H,51,52)(H,53,54)(H4,34,35,36)/t13-,15+,16-,17-,18-,19+,22+,28+/m0/s1. The summed E-state index contributed by atoms with van der Waals surface area (Å²) in [6, 6.07) is -7.61. The Morgan fingerprint density at radius 2 is 1.55 bits per heavy atom. The maximum Gasteiger partial charge on any atom is 0.352 e. The van der Waals surface area contributed by atoms with Gasteiger partial charge in [-0.2, -0.15) is 0 Å². The molecular weight excluding hydrogens is 768 g/mol. The number of nitrogens with zero attached hydrogens (tertiary/aromatic N) is 2. The third-order valence-corrected chi connectivity index (χ3v) is 9.73. The summed E-state index contributed by atoms with van der Waals surface area (Å²) in [5, 5.41) is 57.7. The molecule has 0 spiro atoms. The molecule has 0 radical (unpaired) electrons. The minimum Gasteiger partial charge on any atom is -0.480 e. The van der Waals surface area contributed by atoms with Crippen molar-refractivity contribution >= 4 is 65.2 Å². The molecule has 2 aliphatic rings. The second kappa shape index (κ2) is 22.5. The van der Waals surface area contributed by atoms with Crippen LogP contribution in [0, 0.1) is 0 Å². The van der Waals surface area contributed by atoms with Crippen molar-refractivity contribution in [3.8, 4) is 0 Å². The molecule has 0 aromatic rings. The number of guanidine groups is 1. The molecule has 1 fully saturated rings. The number of amides is 5. The molecule has 2 heterocycles. The number of carbonyl (C=O) groups excluding carboxylic acids is 6. The van der Waals surface area contributed by atoms with Crippen LogP contribution in [0.5, 0.6) is 0 Å². The fraction of sp³-hybridized carbons (Fsp3) is 0.645. The summed E-state index contributed by atoms with van der Waals surface area (Å²) in [5.41, 5.74) is 21.2. The van der Waals surface area contributed by atoms with E-state index in [-0.39, 0.29) is 55.9 Å². The second-order valence-corrected chi connectivity index (χ2v) is 13.9. The number of hydrogen-bond acceptors (Lipinski definition) is 16. The quantitative estimate of drug-likeness (QED) is 0.0142. The number of esters is 1. The molecule has 56 heavy (non-hydrogen) atoms. The summed E-state index contributed by atoms with van der Waals surface area (Å²) in [7, 11) is 0. The number of carboxylic acids is 2. The molecule has 17 N–H and O–H groups in total. The lowest BCUT2D eigenvalue weighted by Gasteiger charge is -2.49. The number of aliphatic carboxylic acids is 2. The lowest BCUT2D eigenvalue weighted by molar-refractivity contribution is -0.151. The maximum absolute atomic E-state index is 13.1. The van der Waals surface area contributed by atoms with Gasteiger partial charge in [0, 0.05) is 24.3 Å². The van der Waals surface area contributed by atoms with Crippen molar-refractivity contribution in [1.29, 1.82) is 0 Å². The predicted octanol–water partition coefficient (Wildman–Crippen LogP) is -6.56. The number of thioether (sulfide) groups is 1. The number of aliphatic hydroxyl groups is 3. The topological polar surface area (TPSA) is 415 Å². The van der Waals surface area contributed by atoms with Crippen LogP contribution in [0.15, 0.2) is 16.3 Å². The Balaban J connectivity index is 2.07. The number of hydrogen-bond donors (Lipinski definition) is 13. The third kappa shape index (κ3) is 13.9. The monoisotopic (exact) mass is 818 g/mol. The van der Waals surface area contributed by atoms with Gasteiger partial charge in [-0.3, -0.25) is 43.5 Å². The molecule has 0 bridgehead atoms. The van der Waals surface area contributed by atoms with Gasteiger partial charge < -0.3 is 74.5 Å². The average Bonchev–Trinajstić information content (AvgIpc) is 3.13. The molecular formula is C31H50N10O14S. The first-order chi connectivity index (χ1) is 26.3. The van der Waals surface area contributed by atoms with Gasteiger partial charge in [0.1, 0.15) is 41.8 Å². The molecule has 0 unspecified atom stereocenters. The van der Waals surface area contributed by atoms with Crippen LogP contribution >= 0.6 is 11.8 Å². The van der Waals surface area contributed by atoms with Crippen LogP contribution in [0.3, 0.4) is 0 Å². The van der Waals surface area contributed by atoms with Gasteiger partial charge in [-0.05, 0) is 32.6 Å². The Hall–Kier alpha value is -5.08. The maximum atomic E-state index is 13.1. The van der Waals surface area contributed by atoms with Crippen molar-refractivity contribution in [1.82, 2.24) is 26.2 Å². The molecule has 2 rings (SSSR count). The highest BCUT2D eigenvalue weighted by atomic mass is 32.2. The zero-order valence-corrected chi connectivity index (χ0v) is 31.2. The van der Waals surface area contributed by atoms with Crippen molar-refractivity contribution in [3.05, 3.63) is 11.3 Å². The summed E-state index contributed by atoms with van der Waals surface area (Å²) in [6.45, 7) is -1.03. The number of ether oxygens (including phenoxy) is 1. The summed E-state index contributed by atoms with van der Waals surface area (Å²) >= 11 is 1.10. The molecule has 0 aromatic carbocycles. The van der Waals surface area contributed by atoms with Crippen LogP contribution in [-0.2, 0) is 43.1 Å². The zero-order chi connectivity index (χ0) is 42.3. The fourth-order valence-corrected chi connectivity index (χ4v) is 6.64. The van der Waals surface area contributed by atoms with E-state index in [9.17, 15) is 58.8 Å². The molecule has 24 nitrogen and oxygen atoms in total. The van der Waals surface area contributed by atoms with Gasteiger partial charge in [0.15, 0.2) is 5.96 Å². The van der Waals surface area contributed by atoms with Crippen LogP contribution in [0.2, 0.25) is 0 Å². The van der Waals surface area contributed by atoms with E-state index in [0.29, 0.717) is 0 Å². The van der Waals surface area contributed by atoms with E-state index >= 15 is 0 Å². The summed E-state index contributed by atoms with van der Waals surface area (Å²) in [5.74, 6) is -8.12. The fourth-order valence-electron chi connectivity index (χ4n) is 5.31. The number of β-lactam (4-membered cyclic amide) rings is 1. The SMILES string of the molecule is C[C@H](N)C(=O)N[C@@H](CO)C(=O)N[C@@H](CO)C(=O)N[C@@H](CCCN=C(N)N)[C@H](O)CC(=O)OCC1=C(C(=O)O)N2C(=O)[C@@H](NC(=O)CCC[C@@H](N)C(=O)O)[C@H]2SC1. The van der Waals surface area contributed by atoms with Gasteiger partial charge in [0.05, 0.1) is 37.8 Å². The van der Waals surface area contributed by atoms with Crippen LogP contribution in [-0.4, -0.2) is 164 Å². The molecule has 25 heteroatoms. The highest BCUT2D eigenvalue weighted by molar-refractivity contribution is 8.00. The Kier molecular flexibility index (Phi) is 18.9. The molecule has 1 saturated heterocycles. The van der Waals surface area contributed by atoms with Gasteiger partial charge >= 0.3 is 17.9 Å². The first-order valence-corrected chi connectivity index (χ1v) is 18.3. The number of nitrogens with two attached hydrogens (primary N) is 4. The molecule has 0 aromatic heterocycles. The van der Waals surface area contributed by atoms with Crippen LogP contribution in [0.25, 0.3) is 0 Å². The summed E-state index contributed by atoms with van der Waals surface area (Å²) < 4.78 is 5.24. The van der Waals surface area contributed by atoms with E-state index in [1.54, 1.807) is 0 Å².